The zero-order valence-electron chi connectivity index (χ0n) is 36.1. The third-order valence-electron chi connectivity index (χ3n) is 11.2. The van der Waals surface area contributed by atoms with Gasteiger partial charge in [-0.05, 0) is 99.9 Å². The third kappa shape index (κ3) is 11.5. The zero-order valence-corrected chi connectivity index (χ0v) is 40.8. The van der Waals surface area contributed by atoms with Crippen LogP contribution in [-0.2, 0) is 66.9 Å². The molecule has 0 amide bonds. The van der Waals surface area contributed by atoms with Crippen LogP contribution in [0.2, 0.25) is 0 Å². The average molecular weight is 1220 g/mol. The second-order valence-electron chi connectivity index (χ2n) is 15.6. The van der Waals surface area contributed by atoms with E-state index in [0.717, 1.165) is 81.7 Å². The summed E-state index contributed by atoms with van der Waals surface area (Å²) in [7, 11) is 0. The molecule has 6 aromatic carbocycles. The van der Waals surface area contributed by atoms with Crippen molar-refractivity contribution in [2.45, 2.75) is 25.7 Å². The maximum atomic E-state index is 6.74. The Bertz CT molecular complexity index is 3050. The van der Waals surface area contributed by atoms with Crippen molar-refractivity contribution >= 4 is 0 Å². The summed E-state index contributed by atoms with van der Waals surface area (Å²) in [5, 5.41) is 0. The molecule has 0 bridgehead atoms. The van der Waals surface area contributed by atoms with Gasteiger partial charge in [0.25, 0.3) is 0 Å². The van der Waals surface area contributed by atoms with Crippen molar-refractivity contribution in [2.75, 3.05) is 0 Å². The predicted octanol–water partition coefficient (Wildman–Crippen LogP) is 13.0. The number of ether oxygens (including phenoxy) is 1. The Balaban J connectivity index is 0.00000304. The van der Waals surface area contributed by atoms with Crippen molar-refractivity contribution in [3.63, 3.8) is 0 Å². The van der Waals surface area contributed by atoms with Crippen molar-refractivity contribution < 1.29 is 45.9 Å². The van der Waals surface area contributed by atoms with Crippen LogP contribution in [0.15, 0.2) is 195 Å². The van der Waals surface area contributed by atoms with Crippen LogP contribution in [0.25, 0.3) is 67.4 Å². The Morgan fingerprint density at radius 3 is 1.61 bits per heavy atom. The van der Waals surface area contributed by atoms with E-state index in [0.29, 0.717) is 22.9 Å². The first-order valence-electron chi connectivity index (χ1n) is 21.6. The summed E-state index contributed by atoms with van der Waals surface area (Å²) < 4.78 is 6.74. The summed E-state index contributed by atoms with van der Waals surface area (Å²) in [6.45, 7) is 0. The summed E-state index contributed by atoms with van der Waals surface area (Å²) in [6.07, 6.45) is 12.6. The van der Waals surface area contributed by atoms with Crippen LogP contribution in [0.1, 0.15) is 22.3 Å². The molecule has 0 saturated carbocycles. The van der Waals surface area contributed by atoms with E-state index in [1.54, 1.807) is 24.7 Å². The molecule has 0 spiro atoms. The summed E-state index contributed by atoms with van der Waals surface area (Å²) in [4.78, 5) is 23.1. The second-order valence-corrected chi connectivity index (χ2v) is 15.6. The Kier molecular flexibility index (Phi) is 15.6. The molecule has 0 fully saturated rings. The van der Waals surface area contributed by atoms with Gasteiger partial charge in [0.15, 0.2) is 0 Å². The van der Waals surface area contributed by atoms with Crippen LogP contribution in [0.4, 0.5) is 0 Å². The number of pyridine rings is 3. The van der Waals surface area contributed by atoms with Gasteiger partial charge >= 0.3 is 41.2 Å². The van der Waals surface area contributed by atoms with E-state index in [4.69, 9.17) is 14.7 Å². The van der Waals surface area contributed by atoms with Crippen molar-refractivity contribution in [1.82, 2.24) is 24.9 Å². The van der Waals surface area contributed by atoms with Crippen LogP contribution >= 0.6 is 0 Å². The molecule has 67 heavy (non-hydrogen) atoms. The van der Waals surface area contributed by atoms with E-state index >= 15 is 0 Å². The van der Waals surface area contributed by atoms with Gasteiger partial charge in [-0.2, -0.15) is 0 Å². The molecule has 4 aromatic heterocycles. The van der Waals surface area contributed by atoms with E-state index in [9.17, 15) is 0 Å². The number of hydrogen-bond donors (Lipinski definition) is 0. The second kappa shape index (κ2) is 22.5. The van der Waals surface area contributed by atoms with Gasteiger partial charge < -0.3 is 29.7 Å². The van der Waals surface area contributed by atoms with E-state index in [2.05, 4.69) is 112 Å². The summed E-state index contributed by atoms with van der Waals surface area (Å²) >= 11 is 0. The monoisotopic (exact) mass is 1220 g/mol. The minimum atomic E-state index is 0. The number of aromatic nitrogens is 5. The van der Waals surface area contributed by atoms with Crippen LogP contribution in [-0.4, -0.2) is 24.9 Å². The van der Waals surface area contributed by atoms with Gasteiger partial charge in [0.1, 0.15) is 0 Å². The van der Waals surface area contributed by atoms with Gasteiger partial charge in [0.2, 0.25) is 0 Å². The number of benzene rings is 6. The average Bonchev–Trinajstić information content (AvgIpc) is 3.39. The minimum absolute atomic E-state index is 0. The van der Waals surface area contributed by atoms with Gasteiger partial charge in [-0.25, -0.2) is 17.7 Å². The molecule has 10 rings (SSSR count). The van der Waals surface area contributed by atoms with E-state index in [1.165, 1.54) is 22.3 Å². The minimum Gasteiger partial charge on any atom is -0.515 e. The predicted molar refractivity (Wildman–Crippen MR) is 256 cm³/mol. The molecule has 0 N–H and O–H groups in total. The number of nitrogens with zero attached hydrogens (tertiary/aromatic N) is 5. The molecule has 10 aromatic rings. The third-order valence-corrected chi connectivity index (χ3v) is 11.2. The fourth-order valence-electron chi connectivity index (χ4n) is 7.87. The van der Waals surface area contributed by atoms with Gasteiger partial charge in [0, 0.05) is 36.7 Å². The number of rotatable bonds is 14. The Hall–Kier alpha value is -7.01. The van der Waals surface area contributed by atoms with E-state index < -0.39 is 0 Å². The Labute approximate surface area is 419 Å². The molecular weight excluding hydrogens is 1180 g/mol. The standard InChI is InChI=1S/C59H40N5O.Ir.Pt/c1-3-13-46(14-4-1)56-30-26-42(40-63-56)22-24-44-35-45(25-23-43-27-31-57(64-41-43)47-15-5-2-6-16-47)37-50(36-44)52-19-7-8-20-53(52)54-29-28-49(59-61-33-12-34-62-59)39-58(54)65-51-18-11-17-48(38-51)55-21-9-10-32-60-55;;/h1-13,15,17-21,26-27,29-37,40-41H,22-25H2;;/q-5;+3;+2. The normalized spacial score (nSPS) is 10.7. The van der Waals surface area contributed by atoms with Gasteiger partial charge in [-0.15, -0.1) is 101 Å². The maximum absolute atomic E-state index is 6.74. The number of aryl methyl sites for hydroxylation is 4. The Morgan fingerprint density at radius 2 is 1.01 bits per heavy atom. The molecular formula is C59H40IrN5OPt. The van der Waals surface area contributed by atoms with Crippen molar-refractivity contribution in [1.29, 1.82) is 0 Å². The molecule has 0 aliphatic heterocycles. The smallest absolute Gasteiger partial charge is 0.515 e. The first kappa shape index (κ1) is 46.5. The number of hydrogen-bond acceptors (Lipinski definition) is 6. The topological polar surface area (TPSA) is 73.7 Å². The van der Waals surface area contributed by atoms with E-state index in [1.807, 2.05) is 103 Å². The fourth-order valence-corrected chi connectivity index (χ4v) is 7.87. The van der Waals surface area contributed by atoms with Gasteiger partial charge in [0.05, 0.1) is 0 Å². The fraction of sp³-hybridized carbons (Fsp3) is 0.0678. The summed E-state index contributed by atoms with van der Waals surface area (Å²) in [5.41, 5.74) is 14.9. The molecule has 0 aliphatic rings. The zero-order chi connectivity index (χ0) is 43.6. The summed E-state index contributed by atoms with van der Waals surface area (Å²) in [5.74, 6) is 1.55. The van der Waals surface area contributed by atoms with Crippen LogP contribution < -0.4 is 4.74 Å². The largest absolute Gasteiger partial charge is 3.00 e. The van der Waals surface area contributed by atoms with Gasteiger partial charge in [-0.3, -0.25) is 6.07 Å². The van der Waals surface area contributed by atoms with Crippen molar-refractivity contribution in [2.24, 2.45) is 0 Å². The molecule has 326 valence electrons. The molecule has 0 aliphatic carbocycles. The molecule has 4 heterocycles. The quantitative estimate of drug-likeness (QED) is 0.101. The maximum Gasteiger partial charge on any atom is 3.00 e. The first-order chi connectivity index (χ1) is 32.2. The first-order valence-corrected chi connectivity index (χ1v) is 21.6. The molecule has 8 heteroatoms. The molecule has 0 radical (unpaired) electrons. The Morgan fingerprint density at radius 1 is 0.433 bits per heavy atom. The molecule has 0 unspecified atom stereocenters. The van der Waals surface area contributed by atoms with Crippen LogP contribution in [0.5, 0.6) is 11.5 Å². The molecule has 0 atom stereocenters. The van der Waals surface area contributed by atoms with E-state index in [-0.39, 0.29) is 41.2 Å². The van der Waals surface area contributed by atoms with Crippen LogP contribution in [0, 0.1) is 30.3 Å². The van der Waals surface area contributed by atoms with Crippen LogP contribution in [0.3, 0.4) is 0 Å². The molecule has 0 saturated heterocycles. The van der Waals surface area contributed by atoms with Gasteiger partial charge in [-0.1, -0.05) is 90.5 Å². The van der Waals surface area contributed by atoms with Crippen molar-refractivity contribution in [3.8, 4) is 78.9 Å². The summed E-state index contributed by atoms with van der Waals surface area (Å²) in [6, 6.07) is 72.2. The molecule has 6 nitrogen and oxygen atoms in total. The SMILES string of the molecule is [Ir+3].[Pt+2].[c-]1cc(-c2ccccc2-c2cc(CCc3ccc(-c4[c-]cccc4)nc3)cc(CCc3ccc(-c4[c-]cccc4)nc3)c2)c(Oc2[c-]c(-c3ccccn3)ccc2)[c-]c1-c1ncccn1. The van der Waals surface area contributed by atoms with Crippen molar-refractivity contribution in [3.05, 3.63) is 247 Å².